The summed E-state index contributed by atoms with van der Waals surface area (Å²) in [5, 5.41) is 4.30. The third kappa shape index (κ3) is 3.67. The highest BCUT2D eigenvalue weighted by molar-refractivity contribution is 6.31. The Balaban J connectivity index is 0.00000112. The summed E-state index contributed by atoms with van der Waals surface area (Å²) in [6, 6.07) is 8.19. The van der Waals surface area contributed by atoms with Crippen LogP contribution in [-0.2, 0) is 6.42 Å². The Morgan fingerprint density at radius 2 is 1.87 bits per heavy atom. The molecule has 3 heteroatoms. The lowest BCUT2D eigenvalue weighted by Gasteiger charge is -2.22. The molecule has 1 aliphatic heterocycles. The van der Waals surface area contributed by atoms with Crippen LogP contribution in [0.3, 0.4) is 0 Å². The SMILES string of the molecule is Cl.Clc1ccccc1CC1CCNCC1. The topological polar surface area (TPSA) is 12.0 Å². The molecule has 0 amide bonds. The molecular formula is C12H17Cl2N. The quantitative estimate of drug-likeness (QED) is 0.844. The van der Waals surface area contributed by atoms with Crippen molar-refractivity contribution < 1.29 is 0 Å². The van der Waals surface area contributed by atoms with Crippen LogP contribution in [0.4, 0.5) is 0 Å². The Kier molecular flexibility index (Phi) is 5.44. The average molecular weight is 246 g/mol. The molecule has 1 fully saturated rings. The number of rotatable bonds is 2. The molecule has 0 aliphatic carbocycles. The number of benzene rings is 1. The minimum atomic E-state index is 0. The second kappa shape index (κ2) is 6.37. The van der Waals surface area contributed by atoms with Gasteiger partial charge in [0.15, 0.2) is 0 Å². The standard InChI is InChI=1S/C12H16ClN.ClH/c13-12-4-2-1-3-11(12)9-10-5-7-14-8-6-10;/h1-4,10,14H,5-9H2;1H. The third-order valence-corrected chi connectivity index (χ3v) is 3.29. The summed E-state index contributed by atoms with van der Waals surface area (Å²) in [6.45, 7) is 2.32. The molecule has 0 unspecified atom stereocenters. The average Bonchev–Trinajstić information content (AvgIpc) is 2.23. The fourth-order valence-electron chi connectivity index (χ4n) is 2.06. The van der Waals surface area contributed by atoms with Crippen molar-refractivity contribution in [3.05, 3.63) is 34.9 Å². The first kappa shape index (κ1) is 12.8. The Morgan fingerprint density at radius 3 is 2.53 bits per heavy atom. The van der Waals surface area contributed by atoms with Crippen LogP contribution in [0.1, 0.15) is 18.4 Å². The molecule has 0 saturated carbocycles. The third-order valence-electron chi connectivity index (χ3n) is 2.93. The van der Waals surface area contributed by atoms with Crippen molar-refractivity contribution in [1.29, 1.82) is 0 Å². The highest BCUT2D eigenvalue weighted by Crippen LogP contribution is 2.23. The smallest absolute Gasteiger partial charge is 0.0438 e. The zero-order valence-corrected chi connectivity index (χ0v) is 10.3. The maximum atomic E-state index is 6.13. The molecule has 1 aromatic rings. The minimum absolute atomic E-state index is 0. The first-order valence-electron chi connectivity index (χ1n) is 5.30. The fraction of sp³-hybridized carbons (Fsp3) is 0.500. The van der Waals surface area contributed by atoms with Crippen LogP contribution in [0.25, 0.3) is 0 Å². The van der Waals surface area contributed by atoms with E-state index in [9.17, 15) is 0 Å². The lowest BCUT2D eigenvalue weighted by Crippen LogP contribution is -2.28. The summed E-state index contributed by atoms with van der Waals surface area (Å²) >= 11 is 6.13. The van der Waals surface area contributed by atoms with Gasteiger partial charge in [0.1, 0.15) is 0 Å². The van der Waals surface area contributed by atoms with Crippen LogP contribution in [0, 0.1) is 5.92 Å². The predicted octanol–water partition coefficient (Wildman–Crippen LogP) is 3.30. The molecule has 0 atom stereocenters. The molecule has 1 N–H and O–H groups in total. The predicted molar refractivity (Wildman–Crippen MR) is 68.0 cm³/mol. The fourth-order valence-corrected chi connectivity index (χ4v) is 2.27. The number of hydrogen-bond acceptors (Lipinski definition) is 1. The van der Waals surface area contributed by atoms with Gasteiger partial charge in [-0.2, -0.15) is 0 Å². The van der Waals surface area contributed by atoms with Crippen LogP contribution in [-0.4, -0.2) is 13.1 Å². The van der Waals surface area contributed by atoms with Gasteiger partial charge in [0, 0.05) is 5.02 Å². The van der Waals surface area contributed by atoms with Gasteiger partial charge in [0.2, 0.25) is 0 Å². The second-order valence-corrected chi connectivity index (χ2v) is 4.40. The second-order valence-electron chi connectivity index (χ2n) is 3.99. The summed E-state index contributed by atoms with van der Waals surface area (Å²) in [4.78, 5) is 0. The number of nitrogens with one attached hydrogen (secondary N) is 1. The summed E-state index contributed by atoms with van der Waals surface area (Å²) in [5.41, 5.74) is 1.31. The first-order chi connectivity index (χ1) is 6.86. The van der Waals surface area contributed by atoms with Crippen molar-refractivity contribution in [3.63, 3.8) is 0 Å². The van der Waals surface area contributed by atoms with Crippen molar-refractivity contribution in [1.82, 2.24) is 5.32 Å². The Bertz CT molecular complexity index is 295. The van der Waals surface area contributed by atoms with Gasteiger partial charge in [0.25, 0.3) is 0 Å². The van der Waals surface area contributed by atoms with Crippen LogP contribution in [0.15, 0.2) is 24.3 Å². The van der Waals surface area contributed by atoms with E-state index < -0.39 is 0 Å². The maximum absolute atomic E-state index is 6.13. The van der Waals surface area contributed by atoms with Gasteiger partial charge in [0.05, 0.1) is 0 Å². The van der Waals surface area contributed by atoms with Crippen LogP contribution >= 0.6 is 24.0 Å². The monoisotopic (exact) mass is 245 g/mol. The Morgan fingerprint density at radius 1 is 1.20 bits per heavy atom. The van der Waals surface area contributed by atoms with E-state index >= 15 is 0 Å². The van der Waals surface area contributed by atoms with E-state index in [2.05, 4.69) is 17.4 Å². The zero-order valence-electron chi connectivity index (χ0n) is 8.71. The maximum Gasteiger partial charge on any atom is 0.0438 e. The molecule has 15 heavy (non-hydrogen) atoms. The molecule has 84 valence electrons. The van der Waals surface area contributed by atoms with E-state index in [1.165, 1.54) is 18.4 Å². The van der Waals surface area contributed by atoms with E-state index in [-0.39, 0.29) is 12.4 Å². The Hall–Kier alpha value is -0.240. The molecule has 1 aromatic carbocycles. The van der Waals surface area contributed by atoms with E-state index in [0.29, 0.717) is 0 Å². The molecule has 1 nitrogen and oxygen atoms in total. The molecule has 0 spiro atoms. The summed E-state index contributed by atoms with van der Waals surface area (Å²) in [5.74, 6) is 0.816. The molecule has 2 rings (SSSR count). The molecule has 0 bridgehead atoms. The van der Waals surface area contributed by atoms with Crippen molar-refractivity contribution >= 4 is 24.0 Å². The minimum Gasteiger partial charge on any atom is -0.317 e. The molecule has 1 aliphatic rings. The van der Waals surface area contributed by atoms with Gasteiger partial charge in [-0.1, -0.05) is 29.8 Å². The van der Waals surface area contributed by atoms with E-state index in [4.69, 9.17) is 11.6 Å². The number of halogens is 2. The van der Waals surface area contributed by atoms with Crippen LogP contribution < -0.4 is 5.32 Å². The van der Waals surface area contributed by atoms with E-state index in [1.807, 2.05) is 12.1 Å². The summed E-state index contributed by atoms with van der Waals surface area (Å²) in [6.07, 6.45) is 3.71. The molecule has 0 aromatic heterocycles. The lowest BCUT2D eigenvalue weighted by molar-refractivity contribution is 0.373. The zero-order chi connectivity index (χ0) is 9.80. The van der Waals surface area contributed by atoms with Gasteiger partial charge < -0.3 is 5.32 Å². The normalized spacial score (nSPS) is 17.1. The summed E-state index contributed by atoms with van der Waals surface area (Å²) < 4.78 is 0. The summed E-state index contributed by atoms with van der Waals surface area (Å²) in [7, 11) is 0. The highest BCUT2D eigenvalue weighted by atomic mass is 35.5. The van der Waals surface area contributed by atoms with E-state index in [0.717, 1.165) is 30.5 Å². The van der Waals surface area contributed by atoms with E-state index in [1.54, 1.807) is 0 Å². The van der Waals surface area contributed by atoms with Crippen molar-refractivity contribution in [2.45, 2.75) is 19.3 Å². The Labute approximate surface area is 103 Å². The highest BCUT2D eigenvalue weighted by Gasteiger charge is 2.14. The number of hydrogen-bond donors (Lipinski definition) is 1. The van der Waals surface area contributed by atoms with Crippen LogP contribution in [0.2, 0.25) is 5.02 Å². The van der Waals surface area contributed by atoms with Gasteiger partial charge in [-0.15, -0.1) is 12.4 Å². The van der Waals surface area contributed by atoms with Gasteiger partial charge in [-0.3, -0.25) is 0 Å². The lowest BCUT2D eigenvalue weighted by atomic mass is 9.91. The van der Waals surface area contributed by atoms with Crippen molar-refractivity contribution in [3.8, 4) is 0 Å². The molecule has 1 heterocycles. The van der Waals surface area contributed by atoms with Gasteiger partial charge in [-0.05, 0) is 49.9 Å². The van der Waals surface area contributed by atoms with Gasteiger partial charge in [-0.25, -0.2) is 0 Å². The number of piperidine rings is 1. The first-order valence-corrected chi connectivity index (χ1v) is 5.68. The molecular weight excluding hydrogens is 229 g/mol. The molecule has 0 radical (unpaired) electrons. The largest absolute Gasteiger partial charge is 0.317 e. The van der Waals surface area contributed by atoms with Crippen LogP contribution in [0.5, 0.6) is 0 Å². The van der Waals surface area contributed by atoms with Crippen molar-refractivity contribution in [2.24, 2.45) is 5.92 Å². The molecule has 1 saturated heterocycles. The van der Waals surface area contributed by atoms with Gasteiger partial charge >= 0.3 is 0 Å². The van der Waals surface area contributed by atoms with Crippen molar-refractivity contribution in [2.75, 3.05) is 13.1 Å².